The zero-order valence-electron chi connectivity index (χ0n) is 15.2. The summed E-state index contributed by atoms with van der Waals surface area (Å²) >= 11 is 6.02. The fraction of sp³-hybridized carbons (Fsp3) is 0. The molecule has 3 aromatic rings. The summed E-state index contributed by atoms with van der Waals surface area (Å²) in [5.74, 6) is -1.27. The Morgan fingerprint density at radius 2 is 1.66 bits per heavy atom. The number of rotatable bonds is 4. The summed E-state index contributed by atoms with van der Waals surface area (Å²) in [5.41, 5.74) is 3.50. The van der Waals surface area contributed by atoms with Gasteiger partial charge in [-0.05, 0) is 53.6 Å². The van der Waals surface area contributed by atoms with Gasteiger partial charge in [0.1, 0.15) is 0 Å². The van der Waals surface area contributed by atoms with Crippen molar-refractivity contribution in [3.05, 3.63) is 112 Å². The number of carboxylic acids is 1. The molecule has 142 valence electrons. The molecule has 0 unspecified atom stereocenters. The number of hydrogen-bond donors (Lipinski definition) is 1. The van der Waals surface area contributed by atoms with Gasteiger partial charge in [-0.25, -0.2) is 4.79 Å². The van der Waals surface area contributed by atoms with Gasteiger partial charge in [-0.3, -0.25) is 9.69 Å². The molecule has 0 aliphatic carbocycles. The molecular formula is C24H16ClNO3. The van der Waals surface area contributed by atoms with Crippen LogP contribution in [-0.4, -0.2) is 17.0 Å². The Bertz CT molecular complexity index is 1150. The molecular weight excluding hydrogens is 386 g/mol. The average molecular weight is 402 g/mol. The van der Waals surface area contributed by atoms with E-state index in [0.717, 1.165) is 11.1 Å². The third-order valence-electron chi connectivity index (χ3n) is 4.60. The molecule has 3 aromatic carbocycles. The van der Waals surface area contributed by atoms with Gasteiger partial charge in [-0.1, -0.05) is 60.1 Å². The standard InChI is InChI=1S/C24H16ClNO3/c25-20-11-9-17(10-12-20)22-15-19(13-16-5-2-1-3-6-16)23(27)26(22)21-8-4-7-18(14-21)24(28)29/h1-15H,(H,28,29)/b19-13+. The molecule has 0 saturated carbocycles. The van der Waals surface area contributed by atoms with Crippen LogP contribution in [0.2, 0.25) is 5.02 Å². The lowest BCUT2D eigenvalue weighted by atomic mass is 10.1. The highest BCUT2D eigenvalue weighted by molar-refractivity contribution is 6.30. The third-order valence-corrected chi connectivity index (χ3v) is 4.85. The smallest absolute Gasteiger partial charge is 0.335 e. The number of carbonyl (C=O) groups excluding carboxylic acids is 1. The largest absolute Gasteiger partial charge is 0.478 e. The van der Waals surface area contributed by atoms with E-state index in [2.05, 4.69) is 0 Å². The average Bonchev–Trinajstić information content (AvgIpc) is 3.05. The fourth-order valence-corrected chi connectivity index (χ4v) is 3.34. The number of hydrogen-bond acceptors (Lipinski definition) is 2. The Balaban J connectivity index is 1.84. The van der Waals surface area contributed by atoms with Crippen molar-refractivity contribution >= 4 is 40.9 Å². The van der Waals surface area contributed by atoms with Crippen LogP contribution in [0, 0.1) is 0 Å². The summed E-state index contributed by atoms with van der Waals surface area (Å²) in [6.07, 6.45) is 3.63. The highest BCUT2D eigenvalue weighted by atomic mass is 35.5. The molecule has 0 fully saturated rings. The first kappa shape index (κ1) is 18.7. The Labute approximate surface area is 173 Å². The van der Waals surface area contributed by atoms with E-state index >= 15 is 0 Å². The number of halogens is 1. The predicted octanol–water partition coefficient (Wildman–Crippen LogP) is 5.51. The lowest BCUT2D eigenvalue weighted by Crippen LogP contribution is -2.25. The summed E-state index contributed by atoms with van der Waals surface area (Å²) in [7, 11) is 0. The van der Waals surface area contributed by atoms with Crippen molar-refractivity contribution < 1.29 is 14.7 Å². The van der Waals surface area contributed by atoms with E-state index in [-0.39, 0.29) is 11.5 Å². The fourth-order valence-electron chi connectivity index (χ4n) is 3.21. The first-order valence-corrected chi connectivity index (χ1v) is 9.33. The number of amides is 1. The second kappa shape index (κ2) is 7.78. The van der Waals surface area contributed by atoms with E-state index < -0.39 is 5.97 Å². The van der Waals surface area contributed by atoms with Crippen LogP contribution in [0.25, 0.3) is 11.8 Å². The first-order chi connectivity index (χ1) is 14.0. The Kier molecular flexibility index (Phi) is 5.02. The SMILES string of the molecule is O=C(O)c1cccc(N2C(=O)/C(=C/c3ccccc3)C=C2c2ccc(Cl)cc2)c1. The van der Waals surface area contributed by atoms with Gasteiger partial charge >= 0.3 is 5.97 Å². The third kappa shape index (κ3) is 3.84. The van der Waals surface area contributed by atoms with Gasteiger partial charge in [0.2, 0.25) is 0 Å². The van der Waals surface area contributed by atoms with E-state index in [1.54, 1.807) is 24.3 Å². The van der Waals surface area contributed by atoms with Gasteiger partial charge in [0, 0.05) is 10.6 Å². The minimum atomic E-state index is -1.05. The maximum absolute atomic E-state index is 13.3. The van der Waals surface area contributed by atoms with E-state index in [9.17, 15) is 14.7 Å². The van der Waals surface area contributed by atoms with Crippen LogP contribution in [0.5, 0.6) is 0 Å². The number of carbonyl (C=O) groups is 2. The Morgan fingerprint density at radius 3 is 2.34 bits per heavy atom. The molecule has 0 radical (unpaired) electrons. The van der Waals surface area contributed by atoms with Crippen LogP contribution >= 0.6 is 11.6 Å². The molecule has 0 atom stereocenters. The van der Waals surface area contributed by atoms with Crippen LogP contribution in [0.1, 0.15) is 21.5 Å². The van der Waals surface area contributed by atoms with Crippen LogP contribution in [0.4, 0.5) is 5.69 Å². The van der Waals surface area contributed by atoms with Gasteiger partial charge in [0.15, 0.2) is 0 Å². The highest BCUT2D eigenvalue weighted by Gasteiger charge is 2.30. The minimum absolute atomic E-state index is 0.117. The number of aromatic carboxylic acids is 1. The molecule has 0 aromatic heterocycles. The van der Waals surface area contributed by atoms with E-state index in [1.165, 1.54) is 17.0 Å². The quantitative estimate of drug-likeness (QED) is 0.586. The van der Waals surface area contributed by atoms with Gasteiger partial charge in [0.25, 0.3) is 5.91 Å². The monoisotopic (exact) mass is 401 g/mol. The lowest BCUT2D eigenvalue weighted by molar-refractivity contribution is -0.113. The minimum Gasteiger partial charge on any atom is -0.478 e. The van der Waals surface area contributed by atoms with Crippen molar-refractivity contribution in [3.8, 4) is 0 Å². The van der Waals surface area contributed by atoms with E-state index in [4.69, 9.17) is 11.6 Å². The molecule has 1 heterocycles. The first-order valence-electron chi connectivity index (χ1n) is 8.95. The van der Waals surface area contributed by atoms with Crippen molar-refractivity contribution in [3.63, 3.8) is 0 Å². The van der Waals surface area contributed by atoms with Crippen molar-refractivity contribution in [2.45, 2.75) is 0 Å². The number of anilines is 1. The van der Waals surface area contributed by atoms with Crippen molar-refractivity contribution in [1.29, 1.82) is 0 Å². The summed E-state index contributed by atoms with van der Waals surface area (Å²) < 4.78 is 0. The van der Waals surface area contributed by atoms with Crippen LogP contribution < -0.4 is 4.90 Å². The molecule has 4 rings (SSSR count). The summed E-state index contributed by atoms with van der Waals surface area (Å²) in [5, 5.41) is 9.93. The Morgan fingerprint density at radius 1 is 0.931 bits per heavy atom. The molecule has 0 bridgehead atoms. The molecule has 1 aliphatic heterocycles. The highest BCUT2D eigenvalue weighted by Crippen LogP contribution is 2.36. The van der Waals surface area contributed by atoms with Crippen molar-refractivity contribution in [1.82, 2.24) is 0 Å². The molecule has 4 nitrogen and oxygen atoms in total. The zero-order valence-corrected chi connectivity index (χ0v) is 16.0. The van der Waals surface area contributed by atoms with Gasteiger partial charge < -0.3 is 5.11 Å². The van der Waals surface area contributed by atoms with Crippen molar-refractivity contribution in [2.75, 3.05) is 4.90 Å². The maximum atomic E-state index is 13.3. The number of nitrogens with zero attached hydrogens (tertiary/aromatic N) is 1. The summed E-state index contributed by atoms with van der Waals surface area (Å²) in [4.78, 5) is 26.2. The molecule has 0 saturated heterocycles. The Hall–Kier alpha value is -3.63. The van der Waals surface area contributed by atoms with Crippen LogP contribution in [-0.2, 0) is 4.79 Å². The molecule has 1 N–H and O–H groups in total. The van der Waals surface area contributed by atoms with Crippen LogP contribution in [0.3, 0.4) is 0 Å². The van der Waals surface area contributed by atoms with Crippen molar-refractivity contribution in [2.24, 2.45) is 0 Å². The zero-order chi connectivity index (χ0) is 20.4. The second-order valence-corrected chi connectivity index (χ2v) is 6.98. The summed E-state index contributed by atoms with van der Waals surface area (Å²) in [6.45, 7) is 0. The second-order valence-electron chi connectivity index (χ2n) is 6.54. The van der Waals surface area contributed by atoms with E-state index in [1.807, 2.05) is 54.6 Å². The topological polar surface area (TPSA) is 57.6 Å². The molecule has 1 aliphatic rings. The molecule has 0 spiro atoms. The van der Waals surface area contributed by atoms with Gasteiger partial charge in [-0.2, -0.15) is 0 Å². The summed E-state index contributed by atoms with van der Waals surface area (Å²) in [6, 6.07) is 23.1. The molecule has 1 amide bonds. The normalized spacial score (nSPS) is 14.9. The van der Waals surface area contributed by atoms with Gasteiger partial charge in [-0.15, -0.1) is 0 Å². The molecule has 5 heteroatoms. The van der Waals surface area contributed by atoms with E-state index in [0.29, 0.717) is 22.0 Å². The van der Waals surface area contributed by atoms with Crippen LogP contribution in [0.15, 0.2) is 90.5 Å². The molecule has 29 heavy (non-hydrogen) atoms. The maximum Gasteiger partial charge on any atom is 0.335 e. The lowest BCUT2D eigenvalue weighted by Gasteiger charge is -2.21. The predicted molar refractivity (Wildman–Crippen MR) is 115 cm³/mol. The van der Waals surface area contributed by atoms with Gasteiger partial charge in [0.05, 0.1) is 16.9 Å². The number of carboxylic acid groups (broad SMARTS) is 1. The number of benzene rings is 3.